The highest BCUT2D eigenvalue weighted by molar-refractivity contribution is 6.30. The first-order chi connectivity index (χ1) is 32.7. The Bertz CT molecular complexity index is 2590. The van der Waals surface area contributed by atoms with Crippen LogP contribution in [0.5, 0.6) is 0 Å². The number of benzene rings is 2. The van der Waals surface area contributed by atoms with Crippen LogP contribution in [0.2, 0.25) is 10.0 Å². The molecule has 18 nitrogen and oxygen atoms in total. The number of carbonyl (C=O) groups is 4. The van der Waals surface area contributed by atoms with Gasteiger partial charge in [-0.1, -0.05) is 61.3 Å². The Morgan fingerprint density at radius 1 is 0.676 bits per heavy atom. The van der Waals surface area contributed by atoms with Crippen LogP contribution in [0.4, 0.5) is 32.9 Å². The van der Waals surface area contributed by atoms with Crippen LogP contribution in [-0.2, 0) is 19.1 Å². The monoisotopic (exact) mass is 966 g/mol. The molecule has 2 saturated carbocycles. The van der Waals surface area contributed by atoms with Crippen molar-refractivity contribution in [3.05, 3.63) is 93.5 Å². The summed E-state index contributed by atoms with van der Waals surface area (Å²) in [6, 6.07) is 15.0. The smallest absolute Gasteiger partial charge is 0.416 e. The van der Waals surface area contributed by atoms with E-state index < -0.39 is 30.3 Å². The Hall–Kier alpha value is -5.82. The maximum atomic E-state index is 14.7. The molecule has 4 fully saturated rings. The van der Waals surface area contributed by atoms with E-state index in [1.807, 2.05) is 60.0 Å². The molecule has 9 atom stereocenters. The number of fused-ring (bicyclic) bond motifs is 4. The van der Waals surface area contributed by atoms with Gasteiger partial charge in [-0.15, -0.1) is 0 Å². The number of aromatic nitrogens is 4. The number of carbonyl (C=O) groups excluding carboxylic acids is 4. The van der Waals surface area contributed by atoms with Gasteiger partial charge in [0.2, 0.25) is 11.8 Å². The Balaban J connectivity index is 0.817. The van der Waals surface area contributed by atoms with Gasteiger partial charge in [0.1, 0.15) is 42.3 Å². The summed E-state index contributed by atoms with van der Waals surface area (Å²) < 4.78 is 11.4. The molecule has 358 valence electrons. The van der Waals surface area contributed by atoms with Gasteiger partial charge in [0.25, 0.3) is 0 Å². The summed E-state index contributed by atoms with van der Waals surface area (Å²) >= 11 is 12.5. The molecule has 4 amide bonds. The lowest BCUT2D eigenvalue weighted by Gasteiger charge is -2.40. The molecule has 6 heterocycles. The summed E-state index contributed by atoms with van der Waals surface area (Å²) in [5.41, 5.74) is 3.21. The first kappa shape index (κ1) is 45.9. The van der Waals surface area contributed by atoms with Gasteiger partial charge in [-0.2, -0.15) is 0 Å². The largest absolute Gasteiger partial charge is 0.441 e. The number of amides is 4. The Morgan fingerprint density at radius 2 is 1.18 bits per heavy atom. The van der Waals surface area contributed by atoms with E-state index in [2.05, 4.69) is 54.5 Å². The summed E-state index contributed by atoms with van der Waals surface area (Å²) in [5, 5.41) is 10.9. The Labute approximate surface area is 405 Å². The summed E-state index contributed by atoms with van der Waals surface area (Å²) in [5.74, 6) is 1.53. The van der Waals surface area contributed by atoms with Crippen molar-refractivity contribution in [1.29, 1.82) is 0 Å². The molecular formula is C48H56Cl2N12O6. The van der Waals surface area contributed by atoms with E-state index in [1.165, 1.54) is 12.7 Å². The fraction of sp³-hybridized carbons (Fsp3) is 0.500. The highest BCUT2D eigenvalue weighted by Gasteiger charge is 2.54. The average molecular weight is 968 g/mol. The molecular weight excluding hydrogens is 912 g/mol. The van der Waals surface area contributed by atoms with Crippen LogP contribution in [0.3, 0.4) is 0 Å². The number of rotatable bonds is 14. The second kappa shape index (κ2) is 18.6. The van der Waals surface area contributed by atoms with Gasteiger partial charge >= 0.3 is 12.2 Å². The molecule has 0 bridgehead atoms. The first-order valence-corrected chi connectivity index (χ1v) is 24.3. The van der Waals surface area contributed by atoms with E-state index in [1.54, 1.807) is 24.0 Å². The van der Waals surface area contributed by atoms with Crippen LogP contribution in [0.1, 0.15) is 93.8 Å². The number of piperazine rings is 2. The van der Waals surface area contributed by atoms with E-state index in [-0.39, 0.29) is 60.5 Å². The van der Waals surface area contributed by atoms with Crippen LogP contribution >= 0.6 is 23.2 Å². The number of nitrogens with one attached hydrogen (secondary N) is 3. The SMILES string of the molecule is CC(C)NC[C@@H](C(=O)N1CCN(c2ncnc3c2[C@H](C)OC(=O)N3CC(C)NC[C@@H](C(=O)N2CCN(c3ncnc4c3[C@@H](C)OC(=O)N4)[C@@H]3CC32)c2ccc(Cl)cc2)[C@@H]2CC21)c1ccc(Cl)cc1. The quantitative estimate of drug-likeness (QED) is 0.133. The fourth-order valence-corrected chi connectivity index (χ4v) is 10.7. The van der Waals surface area contributed by atoms with E-state index in [4.69, 9.17) is 37.7 Å². The number of halogens is 2. The lowest BCUT2D eigenvalue weighted by atomic mass is 9.96. The zero-order chi connectivity index (χ0) is 47.5. The maximum Gasteiger partial charge on any atom is 0.416 e. The van der Waals surface area contributed by atoms with E-state index in [9.17, 15) is 19.2 Å². The van der Waals surface area contributed by atoms with Crippen LogP contribution in [0.25, 0.3) is 0 Å². The predicted molar refractivity (Wildman–Crippen MR) is 256 cm³/mol. The van der Waals surface area contributed by atoms with Crippen molar-refractivity contribution in [2.45, 2.75) is 108 Å². The van der Waals surface area contributed by atoms with Crippen molar-refractivity contribution >= 4 is 70.5 Å². The van der Waals surface area contributed by atoms with Crippen molar-refractivity contribution in [3.8, 4) is 0 Å². The van der Waals surface area contributed by atoms with Gasteiger partial charge in [0.05, 0.1) is 47.1 Å². The number of nitrogens with zero attached hydrogens (tertiary/aromatic N) is 9. The average Bonchev–Trinajstić information content (AvgIpc) is 4.26. The third kappa shape index (κ3) is 8.87. The minimum Gasteiger partial charge on any atom is -0.441 e. The molecule has 3 unspecified atom stereocenters. The molecule has 20 heteroatoms. The van der Waals surface area contributed by atoms with Gasteiger partial charge in [0, 0.05) is 67.9 Å². The van der Waals surface area contributed by atoms with Crippen LogP contribution < -0.4 is 30.7 Å². The summed E-state index contributed by atoms with van der Waals surface area (Å²) in [4.78, 5) is 83.1. The number of cyclic esters (lactones) is 2. The molecule has 0 radical (unpaired) electrons. The van der Waals surface area contributed by atoms with Crippen molar-refractivity contribution in [2.24, 2.45) is 0 Å². The first-order valence-electron chi connectivity index (χ1n) is 23.5. The highest BCUT2D eigenvalue weighted by Crippen LogP contribution is 2.47. The zero-order valence-corrected chi connectivity index (χ0v) is 40.2. The number of ether oxygens (including phenoxy) is 2. The van der Waals surface area contributed by atoms with E-state index in [0.29, 0.717) is 72.6 Å². The lowest BCUT2D eigenvalue weighted by molar-refractivity contribution is -0.134. The molecule has 2 aromatic heterocycles. The molecule has 2 saturated heterocycles. The number of anilines is 4. The van der Waals surface area contributed by atoms with E-state index in [0.717, 1.165) is 35.1 Å². The summed E-state index contributed by atoms with van der Waals surface area (Å²) in [6.45, 7) is 12.9. The minimum absolute atomic E-state index is 0.00492. The fourth-order valence-electron chi connectivity index (χ4n) is 10.5. The van der Waals surface area contributed by atoms with E-state index >= 15 is 0 Å². The standard InChI is InChI=1S/C48H56Cl2N12O6/c1-25(2)51-20-33(29-6-10-31(49)11-7-29)45(63)60-17-15-59(36-19-38(36)60)43-40-28(5)68-48(66)62(44(40)56-24-55-43)22-26(3)52-21-34(30-8-12-32(50)13-9-30)46(64)61-16-14-58(35-18-37(35)61)42-39-27(4)67-47(65)57-41(39)53-23-54-42/h6-13,23-28,33-38,51-52H,14-22H2,1-5H3,(H,53,54,57,65)/t26?,27-,28+,33-,34-,35-,36-,37?,38?/m1/s1. The second-order valence-corrected chi connectivity index (χ2v) is 19.8. The highest BCUT2D eigenvalue weighted by atomic mass is 35.5. The van der Waals surface area contributed by atoms with Crippen LogP contribution in [0.15, 0.2) is 61.2 Å². The molecule has 4 aliphatic heterocycles. The minimum atomic E-state index is -0.600. The van der Waals surface area contributed by atoms with Gasteiger partial charge in [-0.25, -0.2) is 29.5 Å². The van der Waals surface area contributed by atoms with Gasteiger partial charge < -0.3 is 39.7 Å². The molecule has 2 aliphatic carbocycles. The predicted octanol–water partition coefficient (Wildman–Crippen LogP) is 6.04. The molecule has 6 aliphatic rings. The maximum absolute atomic E-state index is 14.7. The third-order valence-corrected chi connectivity index (χ3v) is 14.6. The van der Waals surface area contributed by atoms with Crippen molar-refractivity contribution in [3.63, 3.8) is 0 Å². The lowest BCUT2D eigenvalue weighted by Crippen LogP contribution is -2.52. The van der Waals surface area contributed by atoms with Crippen LogP contribution in [0, 0.1) is 0 Å². The Kier molecular flexibility index (Phi) is 12.6. The summed E-state index contributed by atoms with van der Waals surface area (Å²) in [7, 11) is 0. The van der Waals surface area contributed by atoms with Crippen molar-refractivity contribution in [1.82, 2.24) is 40.4 Å². The summed E-state index contributed by atoms with van der Waals surface area (Å²) in [6.07, 6.45) is 2.35. The normalized spacial score (nSPS) is 25.0. The molecule has 0 spiro atoms. The Morgan fingerprint density at radius 3 is 1.74 bits per heavy atom. The molecule has 10 rings (SSSR count). The second-order valence-electron chi connectivity index (χ2n) is 19.0. The third-order valence-electron chi connectivity index (χ3n) is 14.1. The zero-order valence-electron chi connectivity index (χ0n) is 38.6. The molecule has 68 heavy (non-hydrogen) atoms. The van der Waals surface area contributed by atoms with Gasteiger partial charge in [-0.05, 0) is 69.0 Å². The number of hydrogen-bond acceptors (Lipinski definition) is 14. The molecule has 3 N–H and O–H groups in total. The topological polar surface area (TPSA) is 191 Å². The molecule has 4 aromatic rings. The van der Waals surface area contributed by atoms with Gasteiger partial charge in [0.15, 0.2) is 5.82 Å². The van der Waals surface area contributed by atoms with Gasteiger partial charge in [-0.3, -0.25) is 19.8 Å². The van der Waals surface area contributed by atoms with Crippen LogP contribution in [-0.4, -0.2) is 136 Å². The molecule has 2 aromatic carbocycles. The number of hydrogen-bond donors (Lipinski definition) is 3. The van der Waals surface area contributed by atoms with Crippen molar-refractivity contribution < 1.29 is 28.7 Å². The van der Waals surface area contributed by atoms with Crippen molar-refractivity contribution in [2.75, 3.05) is 65.8 Å².